The molecule has 0 radical (unpaired) electrons. The summed E-state index contributed by atoms with van der Waals surface area (Å²) in [7, 11) is 0. The normalized spacial score (nSPS) is 29.6. The van der Waals surface area contributed by atoms with E-state index in [9.17, 15) is 9.59 Å². The lowest BCUT2D eigenvalue weighted by atomic mass is 9.90. The fourth-order valence-corrected chi connectivity index (χ4v) is 3.59. The number of hydrogen-bond acceptors (Lipinski definition) is 2. The van der Waals surface area contributed by atoms with E-state index in [2.05, 4.69) is 26.1 Å². The molecule has 0 aromatic heterocycles. The van der Waals surface area contributed by atoms with Crippen LogP contribution in [-0.4, -0.2) is 34.8 Å². The SMILES string of the molecule is CCCC1NC(=O)C(C(C)CC)N(C2CCCC2)C1=O. The molecular formula is C16H28N2O2. The van der Waals surface area contributed by atoms with Gasteiger partial charge in [-0.1, -0.05) is 46.5 Å². The summed E-state index contributed by atoms with van der Waals surface area (Å²) >= 11 is 0. The zero-order valence-electron chi connectivity index (χ0n) is 13.0. The Morgan fingerprint density at radius 2 is 1.90 bits per heavy atom. The molecule has 0 spiro atoms. The van der Waals surface area contributed by atoms with E-state index in [1.165, 1.54) is 12.8 Å². The van der Waals surface area contributed by atoms with E-state index in [0.29, 0.717) is 0 Å². The topological polar surface area (TPSA) is 49.4 Å². The van der Waals surface area contributed by atoms with Gasteiger partial charge in [0.2, 0.25) is 11.8 Å². The van der Waals surface area contributed by atoms with Crippen molar-refractivity contribution in [3.8, 4) is 0 Å². The highest BCUT2D eigenvalue weighted by atomic mass is 16.2. The summed E-state index contributed by atoms with van der Waals surface area (Å²) in [6.07, 6.45) is 7.08. The number of amides is 2. The van der Waals surface area contributed by atoms with E-state index in [1.807, 2.05) is 4.90 Å². The fraction of sp³-hybridized carbons (Fsp3) is 0.875. The second-order valence-corrected chi connectivity index (χ2v) is 6.36. The van der Waals surface area contributed by atoms with Crippen molar-refractivity contribution in [2.75, 3.05) is 0 Å². The number of hydrogen-bond donors (Lipinski definition) is 1. The molecule has 2 rings (SSSR count). The summed E-state index contributed by atoms with van der Waals surface area (Å²) in [6.45, 7) is 6.23. The second-order valence-electron chi connectivity index (χ2n) is 6.36. The van der Waals surface area contributed by atoms with Gasteiger partial charge < -0.3 is 10.2 Å². The molecule has 0 aromatic carbocycles. The van der Waals surface area contributed by atoms with Crippen LogP contribution in [0.2, 0.25) is 0 Å². The lowest BCUT2D eigenvalue weighted by Gasteiger charge is -2.44. The Balaban J connectivity index is 2.25. The summed E-state index contributed by atoms with van der Waals surface area (Å²) in [6, 6.07) is -0.274. The minimum absolute atomic E-state index is 0.0595. The molecule has 2 fully saturated rings. The zero-order valence-corrected chi connectivity index (χ0v) is 13.0. The molecule has 20 heavy (non-hydrogen) atoms. The molecular weight excluding hydrogens is 252 g/mol. The standard InChI is InChI=1S/C16H28N2O2/c1-4-8-13-16(20)18(12-9-6-7-10-12)14(11(3)5-2)15(19)17-13/h11-14H,4-10H2,1-3H3,(H,17,19). The molecule has 3 atom stereocenters. The number of carbonyl (C=O) groups is 2. The summed E-state index contributed by atoms with van der Waals surface area (Å²) in [5.41, 5.74) is 0. The molecule has 3 unspecified atom stereocenters. The van der Waals surface area contributed by atoms with Gasteiger partial charge in [-0.15, -0.1) is 0 Å². The average molecular weight is 280 g/mol. The lowest BCUT2D eigenvalue weighted by Crippen LogP contribution is -2.67. The van der Waals surface area contributed by atoms with Crippen molar-refractivity contribution in [1.29, 1.82) is 0 Å². The van der Waals surface area contributed by atoms with Gasteiger partial charge in [-0.25, -0.2) is 0 Å². The second kappa shape index (κ2) is 6.59. The van der Waals surface area contributed by atoms with Crippen LogP contribution in [-0.2, 0) is 9.59 Å². The number of piperazine rings is 1. The third kappa shape index (κ3) is 2.84. The van der Waals surface area contributed by atoms with E-state index >= 15 is 0 Å². The molecule has 1 aliphatic carbocycles. The number of nitrogens with one attached hydrogen (secondary N) is 1. The average Bonchev–Trinajstić information content (AvgIpc) is 2.95. The third-order valence-electron chi connectivity index (χ3n) is 4.92. The molecule has 0 aromatic rings. The summed E-state index contributed by atoms with van der Waals surface area (Å²) in [5.74, 6) is 0.440. The van der Waals surface area contributed by atoms with Gasteiger partial charge in [0.25, 0.3) is 0 Å². The van der Waals surface area contributed by atoms with Gasteiger partial charge in [-0.2, -0.15) is 0 Å². The van der Waals surface area contributed by atoms with Crippen molar-refractivity contribution in [3.63, 3.8) is 0 Å². The Kier molecular flexibility index (Phi) is 5.06. The van der Waals surface area contributed by atoms with Crippen molar-refractivity contribution < 1.29 is 9.59 Å². The van der Waals surface area contributed by atoms with Crippen LogP contribution in [0, 0.1) is 5.92 Å². The van der Waals surface area contributed by atoms with Crippen LogP contribution in [0.4, 0.5) is 0 Å². The van der Waals surface area contributed by atoms with Crippen LogP contribution in [0.15, 0.2) is 0 Å². The fourth-order valence-electron chi connectivity index (χ4n) is 3.59. The Morgan fingerprint density at radius 1 is 1.25 bits per heavy atom. The molecule has 0 bridgehead atoms. The largest absolute Gasteiger partial charge is 0.342 e. The van der Waals surface area contributed by atoms with Gasteiger partial charge in [-0.05, 0) is 25.2 Å². The number of carbonyl (C=O) groups excluding carboxylic acids is 2. The monoisotopic (exact) mass is 280 g/mol. The molecule has 4 nitrogen and oxygen atoms in total. The van der Waals surface area contributed by atoms with Crippen molar-refractivity contribution in [2.24, 2.45) is 5.92 Å². The van der Waals surface area contributed by atoms with Gasteiger partial charge in [0.1, 0.15) is 12.1 Å². The summed E-state index contributed by atoms with van der Waals surface area (Å²) < 4.78 is 0. The van der Waals surface area contributed by atoms with Crippen LogP contribution in [0.25, 0.3) is 0 Å². The highest BCUT2D eigenvalue weighted by Crippen LogP contribution is 2.31. The van der Waals surface area contributed by atoms with Gasteiger partial charge in [0.05, 0.1) is 0 Å². The van der Waals surface area contributed by atoms with Crippen molar-refractivity contribution in [1.82, 2.24) is 10.2 Å². The predicted molar refractivity (Wildman–Crippen MR) is 79.2 cm³/mol. The van der Waals surface area contributed by atoms with Gasteiger partial charge >= 0.3 is 0 Å². The maximum absolute atomic E-state index is 12.8. The third-order valence-corrected chi connectivity index (χ3v) is 4.92. The van der Waals surface area contributed by atoms with Crippen LogP contribution in [0.1, 0.15) is 65.7 Å². The Labute approximate surface area is 122 Å². The van der Waals surface area contributed by atoms with Crippen LogP contribution in [0.3, 0.4) is 0 Å². The van der Waals surface area contributed by atoms with E-state index in [-0.39, 0.29) is 35.9 Å². The van der Waals surface area contributed by atoms with E-state index in [4.69, 9.17) is 0 Å². The molecule has 1 heterocycles. The predicted octanol–water partition coefficient (Wildman–Crippen LogP) is 2.47. The number of nitrogens with zero attached hydrogens (tertiary/aromatic N) is 1. The van der Waals surface area contributed by atoms with Gasteiger partial charge in [0, 0.05) is 6.04 Å². The Hall–Kier alpha value is -1.06. The first-order chi connectivity index (χ1) is 9.60. The highest BCUT2D eigenvalue weighted by molar-refractivity contribution is 5.97. The first kappa shape index (κ1) is 15.3. The summed E-state index contributed by atoms with van der Waals surface area (Å²) in [4.78, 5) is 27.2. The van der Waals surface area contributed by atoms with Crippen molar-refractivity contribution in [3.05, 3.63) is 0 Å². The van der Waals surface area contributed by atoms with Crippen molar-refractivity contribution in [2.45, 2.75) is 83.8 Å². The summed E-state index contributed by atoms with van der Waals surface area (Å²) in [5, 5.41) is 2.96. The highest BCUT2D eigenvalue weighted by Gasteiger charge is 2.45. The van der Waals surface area contributed by atoms with Crippen LogP contribution >= 0.6 is 0 Å². The van der Waals surface area contributed by atoms with Gasteiger partial charge in [-0.3, -0.25) is 9.59 Å². The minimum atomic E-state index is -0.298. The molecule has 1 saturated carbocycles. The molecule has 2 amide bonds. The Morgan fingerprint density at radius 3 is 2.45 bits per heavy atom. The first-order valence-electron chi connectivity index (χ1n) is 8.22. The maximum atomic E-state index is 12.8. The Bertz CT molecular complexity index is 363. The minimum Gasteiger partial charge on any atom is -0.342 e. The van der Waals surface area contributed by atoms with Crippen LogP contribution < -0.4 is 5.32 Å². The zero-order chi connectivity index (χ0) is 14.7. The molecule has 1 saturated heterocycles. The first-order valence-corrected chi connectivity index (χ1v) is 8.22. The molecule has 114 valence electrons. The molecule has 1 N–H and O–H groups in total. The molecule has 1 aliphatic heterocycles. The quantitative estimate of drug-likeness (QED) is 0.841. The van der Waals surface area contributed by atoms with Gasteiger partial charge in [0.15, 0.2) is 0 Å². The van der Waals surface area contributed by atoms with Crippen LogP contribution in [0.5, 0.6) is 0 Å². The lowest BCUT2D eigenvalue weighted by molar-refractivity contribution is -0.154. The van der Waals surface area contributed by atoms with Crippen molar-refractivity contribution >= 4 is 11.8 Å². The smallest absolute Gasteiger partial charge is 0.246 e. The maximum Gasteiger partial charge on any atom is 0.246 e. The molecule has 4 heteroatoms. The van der Waals surface area contributed by atoms with E-state index in [1.54, 1.807) is 0 Å². The number of rotatable bonds is 5. The van der Waals surface area contributed by atoms with E-state index < -0.39 is 0 Å². The molecule has 2 aliphatic rings. The van der Waals surface area contributed by atoms with E-state index in [0.717, 1.165) is 32.1 Å².